The predicted octanol–water partition coefficient (Wildman–Crippen LogP) is 3.75. The van der Waals surface area contributed by atoms with Crippen LogP contribution in [0.5, 0.6) is 5.75 Å². The molecular weight excluding hydrogens is 442 g/mol. The van der Waals surface area contributed by atoms with Crippen LogP contribution < -0.4 is 9.54 Å². The monoisotopic (exact) mass is 457 g/mol. The van der Waals surface area contributed by atoms with Gasteiger partial charge in [-0.1, -0.05) is 17.4 Å². The molecule has 0 unspecified atom stereocenters. The lowest BCUT2D eigenvalue weighted by atomic mass is 10.2. The van der Waals surface area contributed by atoms with Crippen molar-refractivity contribution in [3.8, 4) is 5.75 Å². The Morgan fingerprint density at radius 3 is 2.65 bits per heavy atom. The van der Waals surface area contributed by atoms with Crippen LogP contribution in [-0.4, -0.2) is 35.6 Å². The van der Waals surface area contributed by atoms with Crippen LogP contribution in [0.15, 0.2) is 47.5 Å². The summed E-state index contributed by atoms with van der Waals surface area (Å²) in [5.41, 5.74) is 0.590. The van der Waals surface area contributed by atoms with E-state index >= 15 is 0 Å². The van der Waals surface area contributed by atoms with Gasteiger partial charge in [-0.15, -0.1) is 11.3 Å². The molecule has 9 nitrogen and oxygen atoms in total. The first-order chi connectivity index (χ1) is 14.9. The fourth-order valence-electron chi connectivity index (χ4n) is 3.08. The number of nitro benzene ring substituents is 1. The number of rotatable bonds is 5. The van der Waals surface area contributed by atoms with E-state index in [9.17, 15) is 19.7 Å². The summed E-state index contributed by atoms with van der Waals surface area (Å²) in [6, 6.07) is 11.4. The SMILES string of the molecule is COC(=O)Cn1c(=NC(=O)c2cc3cc([N+](=O)[O-])ccc3s2)sc2cccc(OC)c21. The number of non-ortho nitro benzene ring substituents is 1. The first-order valence-corrected chi connectivity index (χ1v) is 10.5. The molecule has 4 aromatic rings. The summed E-state index contributed by atoms with van der Waals surface area (Å²) in [7, 11) is 2.81. The molecule has 0 aliphatic rings. The van der Waals surface area contributed by atoms with Crippen molar-refractivity contribution in [3.05, 3.63) is 62.3 Å². The number of ether oxygens (including phenoxy) is 2. The molecule has 4 rings (SSSR count). The highest BCUT2D eigenvalue weighted by molar-refractivity contribution is 7.21. The van der Waals surface area contributed by atoms with E-state index in [1.54, 1.807) is 22.8 Å². The van der Waals surface area contributed by atoms with Gasteiger partial charge in [0.2, 0.25) is 0 Å². The van der Waals surface area contributed by atoms with Gasteiger partial charge in [0, 0.05) is 22.2 Å². The lowest BCUT2D eigenvalue weighted by Crippen LogP contribution is -2.22. The van der Waals surface area contributed by atoms with Gasteiger partial charge in [0.15, 0.2) is 4.80 Å². The van der Waals surface area contributed by atoms with Crippen molar-refractivity contribution in [1.29, 1.82) is 0 Å². The normalized spacial score (nSPS) is 11.7. The second kappa shape index (κ2) is 8.28. The minimum Gasteiger partial charge on any atom is -0.495 e. The van der Waals surface area contributed by atoms with Crippen LogP contribution in [0, 0.1) is 10.1 Å². The van der Waals surface area contributed by atoms with Crippen LogP contribution in [0.1, 0.15) is 9.67 Å². The molecule has 11 heteroatoms. The van der Waals surface area contributed by atoms with Crippen LogP contribution in [0.3, 0.4) is 0 Å². The zero-order valence-electron chi connectivity index (χ0n) is 16.4. The maximum atomic E-state index is 12.9. The third-order valence-electron chi connectivity index (χ3n) is 4.52. The van der Waals surface area contributed by atoms with Crippen molar-refractivity contribution in [2.24, 2.45) is 4.99 Å². The molecule has 2 aromatic heterocycles. The summed E-state index contributed by atoms with van der Waals surface area (Å²) in [4.78, 5) is 40.3. The molecule has 0 fully saturated rings. The number of esters is 1. The molecule has 0 N–H and O–H groups in total. The molecule has 0 radical (unpaired) electrons. The van der Waals surface area contributed by atoms with Gasteiger partial charge in [0.1, 0.15) is 17.8 Å². The van der Waals surface area contributed by atoms with Gasteiger partial charge in [0.25, 0.3) is 11.6 Å². The minimum absolute atomic E-state index is 0.0474. The quantitative estimate of drug-likeness (QED) is 0.256. The summed E-state index contributed by atoms with van der Waals surface area (Å²) >= 11 is 2.44. The Morgan fingerprint density at radius 1 is 1.13 bits per heavy atom. The van der Waals surface area contributed by atoms with Crippen LogP contribution in [0.2, 0.25) is 0 Å². The highest BCUT2D eigenvalue weighted by Gasteiger charge is 2.17. The third kappa shape index (κ3) is 3.92. The van der Waals surface area contributed by atoms with E-state index in [0.29, 0.717) is 26.3 Å². The molecule has 0 saturated carbocycles. The van der Waals surface area contributed by atoms with Crippen molar-refractivity contribution in [1.82, 2.24) is 4.57 Å². The molecule has 0 spiro atoms. The number of benzene rings is 2. The number of carbonyl (C=O) groups excluding carboxylic acids is 2. The fraction of sp³-hybridized carbons (Fsp3) is 0.150. The van der Waals surface area contributed by atoms with E-state index in [0.717, 1.165) is 9.40 Å². The maximum Gasteiger partial charge on any atom is 0.325 e. The molecular formula is C20H15N3O6S2. The summed E-state index contributed by atoms with van der Waals surface area (Å²) in [5.74, 6) is -0.456. The first kappa shape index (κ1) is 20.7. The molecule has 0 aliphatic heterocycles. The summed E-state index contributed by atoms with van der Waals surface area (Å²) in [5, 5.41) is 11.6. The molecule has 2 aromatic carbocycles. The van der Waals surface area contributed by atoms with Gasteiger partial charge in [-0.3, -0.25) is 19.7 Å². The van der Waals surface area contributed by atoms with Crippen LogP contribution in [-0.2, 0) is 16.1 Å². The van der Waals surface area contributed by atoms with Gasteiger partial charge >= 0.3 is 5.97 Å². The predicted molar refractivity (Wildman–Crippen MR) is 117 cm³/mol. The molecule has 31 heavy (non-hydrogen) atoms. The average Bonchev–Trinajstić information content (AvgIpc) is 3.34. The van der Waals surface area contributed by atoms with Crippen molar-refractivity contribution < 1.29 is 24.0 Å². The maximum absolute atomic E-state index is 12.9. The second-order valence-electron chi connectivity index (χ2n) is 6.36. The number of para-hydroxylation sites is 1. The molecule has 2 heterocycles. The van der Waals surface area contributed by atoms with Gasteiger partial charge in [-0.05, 0) is 24.3 Å². The molecule has 0 atom stereocenters. The largest absolute Gasteiger partial charge is 0.495 e. The Hall–Kier alpha value is -3.57. The number of aromatic nitrogens is 1. The minimum atomic E-state index is -0.506. The first-order valence-electron chi connectivity index (χ1n) is 8.91. The Labute approximate surface area is 182 Å². The van der Waals surface area contributed by atoms with Crippen molar-refractivity contribution >= 4 is 60.5 Å². The average molecular weight is 457 g/mol. The number of nitrogens with zero attached hydrogens (tertiary/aromatic N) is 3. The van der Waals surface area contributed by atoms with E-state index in [2.05, 4.69) is 4.99 Å². The molecule has 158 valence electrons. The number of fused-ring (bicyclic) bond motifs is 2. The van der Waals surface area contributed by atoms with Crippen molar-refractivity contribution in [2.45, 2.75) is 6.54 Å². The van der Waals surface area contributed by atoms with Gasteiger partial charge in [0.05, 0.1) is 28.7 Å². The van der Waals surface area contributed by atoms with E-state index in [1.165, 1.54) is 49.0 Å². The second-order valence-corrected chi connectivity index (χ2v) is 8.45. The number of hydrogen-bond donors (Lipinski definition) is 0. The lowest BCUT2D eigenvalue weighted by molar-refractivity contribution is -0.384. The summed E-state index contributed by atoms with van der Waals surface area (Å²) in [6.45, 7) is -0.137. The fourth-order valence-corrected chi connectivity index (χ4v) is 5.05. The number of thiophene rings is 1. The number of thiazole rings is 1. The summed E-state index contributed by atoms with van der Waals surface area (Å²) in [6.07, 6.45) is 0. The number of carbonyl (C=O) groups is 2. The van der Waals surface area contributed by atoms with E-state index in [-0.39, 0.29) is 12.2 Å². The highest BCUT2D eigenvalue weighted by atomic mass is 32.1. The molecule has 0 saturated heterocycles. The van der Waals surface area contributed by atoms with Crippen molar-refractivity contribution in [3.63, 3.8) is 0 Å². The number of nitro groups is 1. The van der Waals surface area contributed by atoms with Crippen LogP contribution >= 0.6 is 22.7 Å². The zero-order valence-corrected chi connectivity index (χ0v) is 18.0. The van der Waals surface area contributed by atoms with E-state index in [1.807, 2.05) is 12.1 Å². The molecule has 0 aliphatic carbocycles. The van der Waals surface area contributed by atoms with Gasteiger partial charge in [-0.2, -0.15) is 4.99 Å². The number of methoxy groups -OCH3 is 2. The molecule has 0 bridgehead atoms. The Kier molecular flexibility index (Phi) is 5.53. The van der Waals surface area contributed by atoms with Crippen LogP contribution in [0.4, 0.5) is 5.69 Å². The lowest BCUT2D eigenvalue weighted by Gasteiger charge is -2.07. The number of hydrogen-bond acceptors (Lipinski definition) is 8. The Balaban J connectivity index is 1.84. The van der Waals surface area contributed by atoms with Gasteiger partial charge < -0.3 is 14.0 Å². The topological polar surface area (TPSA) is 113 Å². The Bertz CT molecular complexity index is 1420. The van der Waals surface area contributed by atoms with Crippen LogP contribution in [0.25, 0.3) is 20.3 Å². The standard InChI is InChI=1S/C20H15N3O6S2/c1-28-13-4-3-5-15-18(13)22(10-17(24)29-2)20(31-15)21-19(25)16-9-11-8-12(23(26)27)6-7-14(11)30-16/h3-9H,10H2,1-2H3. The van der Waals surface area contributed by atoms with E-state index in [4.69, 9.17) is 9.47 Å². The van der Waals surface area contributed by atoms with E-state index < -0.39 is 16.8 Å². The highest BCUT2D eigenvalue weighted by Crippen LogP contribution is 2.30. The third-order valence-corrected chi connectivity index (χ3v) is 6.67. The van der Waals surface area contributed by atoms with Crippen molar-refractivity contribution in [2.75, 3.05) is 14.2 Å². The summed E-state index contributed by atoms with van der Waals surface area (Å²) < 4.78 is 13.3. The zero-order chi connectivity index (χ0) is 22.1. The molecule has 1 amide bonds. The smallest absolute Gasteiger partial charge is 0.325 e. The van der Waals surface area contributed by atoms with Gasteiger partial charge in [-0.25, -0.2) is 0 Å². The Morgan fingerprint density at radius 2 is 1.94 bits per heavy atom. The number of amides is 1.